The Balaban J connectivity index is 1.62. The Hall–Kier alpha value is -0.610. The van der Waals surface area contributed by atoms with Crippen molar-refractivity contribution in [3.8, 4) is 0 Å². The van der Waals surface area contributed by atoms with Crippen LogP contribution in [0.5, 0.6) is 0 Å². The largest absolute Gasteiger partial charge is 0.356 e. The van der Waals surface area contributed by atoms with E-state index in [4.69, 9.17) is 5.73 Å². The van der Waals surface area contributed by atoms with Crippen LogP contribution in [0.2, 0.25) is 0 Å². The van der Waals surface area contributed by atoms with Gasteiger partial charge in [0.1, 0.15) is 0 Å². The zero-order valence-electron chi connectivity index (χ0n) is 11.5. The molecule has 1 aliphatic carbocycles. The average Bonchev–Trinajstić information content (AvgIpc) is 2.97. The molecule has 3 unspecified atom stereocenters. The Kier molecular flexibility index (Phi) is 5.01. The summed E-state index contributed by atoms with van der Waals surface area (Å²) < 4.78 is 0. The summed E-state index contributed by atoms with van der Waals surface area (Å²) in [5.74, 6) is 0.928. The Bertz CT molecular complexity index is 276. The number of hydrogen-bond acceptors (Lipinski definition) is 3. The quantitative estimate of drug-likeness (QED) is 0.767. The van der Waals surface area contributed by atoms with E-state index in [1.54, 1.807) is 0 Å². The van der Waals surface area contributed by atoms with Crippen molar-refractivity contribution in [1.29, 1.82) is 0 Å². The number of carbonyl (C=O) groups excluding carboxylic acids is 1. The third-order valence-corrected chi connectivity index (χ3v) is 4.24. The standard InChI is InChI=1S/C14H27N3O/c1-11(10-17-6-2-3-7-17)9-16-14(18)12-4-5-13(15)8-12/h11-13H,2-10,15H2,1H3,(H,16,18). The molecular formula is C14H27N3O. The molecule has 1 amide bonds. The Morgan fingerprint density at radius 2 is 2.11 bits per heavy atom. The molecule has 0 spiro atoms. The fraction of sp³-hybridized carbons (Fsp3) is 0.929. The lowest BCUT2D eigenvalue weighted by Crippen LogP contribution is -2.37. The fourth-order valence-corrected chi connectivity index (χ4v) is 3.14. The van der Waals surface area contributed by atoms with Gasteiger partial charge in [0.25, 0.3) is 0 Å². The summed E-state index contributed by atoms with van der Waals surface area (Å²) in [6, 6.07) is 0.239. The van der Waals surface area contributed by atoms with Crippen molar-refractivity contribution in [3.05, 3.63) is 0 Å². The van der Waals surface area contributed by atoms with Crippen LogP contribution in [0.1, 0.15) is 39.0 Å². The molecule has 2 aliphatic rings. The summed E-state index contributed by atoms with van der Waals surface area (Å²) in [6.07, 6.45) is 5.50. The average molecular weight is 253 g/mol. The van der Waals surface area contributed by atoms with Crippen LogP contribution in [0.15, 0.2) is 0 Å². The molecule has 4 nitrogen and oxygen atoms in total. The number of nitrogens with zero attached hydrogens (tertiary/aromatic N) is 1. The maximum atomic E-state index is 12.0. The fourth-order valence-electron chi connectivity index (χ4n) is 3.14. The number of amides is 1. The molecule has 1 aliphatic heterocycles. The van der Waals surface area contributed by atoms with Crippen molar-refractivity contribution in [1.82, 2.24) is 10.2 Å². The van der Waals surface area contributed by atoms with Crippen molar-refractivity contribution in [2.24, 2.45) is 17.6 Å². The second kappa shape index (κ2) is 6.53. The van der Waals surface area contributed by atoms with Crippen molar-refractivity contribution < 1.29 is 4.79 Å². The molecule has 3 atom stereocenters. The second-order valence-electron chi connectivity index (χ2n) is 6.13. The van der Waals surface area contributed by atoms with Gasteiger partial charge in [0.2, 0.25) is 5.91 Å². The van der Waals surface area contributed by atoms with Crippen molar-refractivity contribution >= 4 is 5.91 Å². The smallest absolute Gasteiger partial charge is 0.223 e. The summed E-state index contributed by atoms with van der Waals surface area (Å²) in [6.45, 7) is 6.61. The molecule has 104 valence electrons. The van der Waals surface area contributed by atoms with Gasteiger partial charge in [0.15, 0.2) is 0 Å². The van der Waals surface area contributed by atoms with E-state index in [0.717, 1.165) is 32.4 Å². The third kappa shape index (κ3) is 3.95. The van der Waals surface area contributed by atoms with Gasteiger partial charge in [-0.1, -0.05) is 6.92 Å². The van der Waals surface area contributed by atoms with E-state index >= 15 is 0 Å². The maximum absolute atomic E-state index is 12.0. The Morgan fingerprint density at radius 1 is 1.39 bits per heavy atom. The second-order valence-corrected chi connectivity index (χ2v) is 6.13. The van der Waals surface area contributed by atoms with Gasteiger partial charge in [0, 0.05) is 25.0 Å². The zero-order chi connectivity index (χ0) is 13.0. The third-order valence-electron chi connectivity index (χ3n) is 4.24. The summed E-state index contributed by atoms with van der Waals surface area (Å²) in [5.41, 5.74) is 5.84. The van der Waals surface area contributed by atoms with Crippen LogP contribution in [0.4, 0.5) is 0 Å². The summed E-state index contributed by atoms with van der Waals surface area (Å²) >= 11 is 0. The van der Waals surface area contributed by atoms with Crippen LogP contribution in [-0.2, 0) is 4.79 Å². The molecule has 1 saturated heterocycles. The SMILES string of the molecule is CC(CNC(=O)C1CCC(N)C1)CN1CCCC1. The van der Waals surface area contributed by atoms with E-state index in [1.807, 2.05) is 0 Å². The van der Waals surface area contributed by atoms with Gasteiger partial charge in [-0.15, -0.1) is 0 Å². The van der Waals surface area contributed by atoms with Gasteiger partial charge in [-0.25, -0.2) is 0 Å². The molecule has 0 bridgehead atoms. The number of nitrogens with one attached hydrogen (secondary N) is 1. The highest BCUT2D eigenvalue weighted by molar-refractivity contribution is 5.78. The van der Waals surface area contributed by atoms with Gasteiger partial charge >= 0.3 is 0 Å². The van der Waals surface area contributed by atoms with Gasteiger partial charge in [-0.3, -0.25) is 4.79 Å². The molecule has 2 rings (SSSR count). The number of carbonyl (C=O) groups is 1. The van der Waals surface area contributed by atoms with Crippen LogP contribution < -0.4 is 11.1 Å². The van der Waals surface area contributed by atoms with E-state index in [1.165, 1.54) is 25.9 Å². The van der Waals surface area contributed by atoms with Crippen molar-refractivity contribution in [2.45, 2.75) is 45.1 Å². The van der Waals surface area contributed by atoms with Crippen molar-refractivity contribution in [2.75, 3.05) is 26.2 Å². The lowest BCUT2D eigenvalue weighted by atomic mass is 10.1. The number of likely N-dealkylation sites (tertiary alicyclic amines) is 1. The molecule has 3 N–H and O–H groups in total. The zero-order valence-corrected chi connectivity index (χ0v) is 11.5. The predicted molar refractivity (Wildman–Crippen MR) is 73.2 cm³/mol. The minimum atomic E-state index is 0.166. The summed E-state index contributed by atoms with van der Waals surface area (Å²) in [5, 5.41) is 3.10. The summed E-state index contributed by atoms with van der Waals surface area (Å²) in [7, 11) is 0. The number of nitrogens with two attached hydrogens (primary N) is 1. The Labute approximate surface area is 110 Å². The van der Waals surface area contributed by atoms with Gasteiger partial charge in [-0.2, -0.15) is 0 Å². The molecule has 1 heterocycles. The van der Waals surface area contributed by atoms with E-state index in [9.17, 15) is 4.79 Å². The lowest BCUT2D eigenvalue weighted by Gasteiger charge is -2.21. The minimum Gasteiger partial charge on any atom is -0.356 e. The van der Waals surface area contributed by atoms with E-state index in [-0.39, 0.29) is 17.9 Å². The normalized spacial score (nSPS) is 30.6. The molecule has 18 heavy (non-hydrogen) atoms. The first kappa shape index (κ1) is 13.8. The van der Waals surface area contributed by atoms with Crippen LogP contribution in [0.3, 0.4) is 0 Å². The molecular weight excluding hydrogens is 226 g/mol. The number of rotatable bonds is 5. The highest BCUT2D eigenvalue weighted by Crippen LogP contribution is 2.24. The Morgan fingerprint density at radius 3 is 2.72 bits per heavy atom. The van der Waals surface area contributed by atoms with Crippen LogP contribution in [0.25, 0.3) is 0 Å². The first-order chi connectivity index (χ1) is 8.65. The highest BCUT2D eigenvalue weighted by atomic mass is 16.1. The molecule has 4 heteroatoms. The van der Waals surface area contributed by atoms with Gasteiger partial charge in [0.05, 0.1) is 0 Å². The lowest BCUT2D eigenvalue weighted by molar-refractivity contribution is -0.125. The molecule has 1 saturated carbocycles. The van der Waals surface area contributed by atoms with E-state index < -0.39 is 0 Å². The highest BCUT2D eigenvalue weighted by Gasteiger charge is 2.27. The van der Waals surface area contributed by atoms with Gasteiger partial charge < -0.3 is 16.0 Å². The molecule has 0 aromatic rings. The monoisotopic (exact) mass is 253 g/mol. The molecule has 0 radical (unpaired) electrons. The first-order valence-corrected chi connectivity index (χ1v) is 7.41. The first-order valence-electron chi connectivity index (χ1n) is 7.41. The molecule has 0 aromatic carbocycles. The maximum Gasteiger partial charge on any atom is 0.223 e. The molecule has 2 fully saturated rings. The summed E-state index contributed by atoms with van der Waals surface area (Å²) in [4.78, 5) is 14.5. The number of hydrogen-bond donors (Lipinski definition) is 2. The van der Waals surface area contributed by atoms with E-state index in [0.29, 0.717) is 5.92 Å². The van der Waals surface area contributed by atoms with Crippen LogP contribution in [0, 0.1) is 11.8 Å². The topological polar surface area (TPSA) is 58.4 Å². The van der Waals surface area contributed by atoms with E-state index in [2.05, 4.69) is 17.1 Å². The van der Waals surface area contributed by atoms with Crippen LogP contribution in [-0.4, -0.2) is 43.0 Å². The predicted octanol–water partition coefficient (Wildman–Crippen LogP) is 0.962. The van der Waals surface area contributed by atoms with Crippen molar-refractivity contribution in [3.63, 3.8) is 0 Å². The van der Waals surface area contributed by atoms with Gasteiger partial charge in [-0.05, 0) is 51.1 Å². The van der Waals surface area contributed by atoms with Crippen LogP contribution >= 0.6 is 0 Å². The molecule has 0 aromatic heterocycles. The minimum absolute atomic E-state index is 0.166.